The van der Waals surface area contributed by atoms with E-state index >= 15 is 0 Å². The Morgan fingerprint density at radius 2 is 1.78 bits per heavy atom. The smallest absolute Gasteiger partial charge is 0.196 e. The summed E-state index contributed by atoms with van der Waals surface area (Å²) >= 11 is 0. The molecular formula is C21H17N3O3. The molecule has 1 aromatic heterocycles. The van der Waals surface area contributed by atoms with E-state index in [-0.39, 0.29) is 12.5 Å². The van der Waals surface area contributed by atoms with Crippen molar-refractivity contribution >= 4 is 16.8 Å². The molecule has 0 bridgehead atoms. The lowest BCUT2D eigenvalue weighted by atomic mass is 10.0. The van der Waals surface area contributed by atoms with Crippen molar-refractivity contribution in [1.29, 1.82) is 0 Å². The molecule has 4 aromatic rings. The van der Waals surface area contributed by atoms with Crippen LogP contribution in [0, 0.1) is 0 Å². The Labute approximate surface area is 156 Å². The second-order valence-electron chi connectivity index (χ2n) is 5.91. The molecule has 0 radical (unpaired) electrons. The van der Waals surface area contributed by atoms with Crippen LogP contribution < -0.4 is 9.47 Å². The number of hydrogen-bond donors (Lipinski definition) is 0. The molecule has 0 amide bonds. The molecule has 0 atom stereocenters. The topological polar surface area (TPSA) is 66.2 Å². The quantitative estimate of drug-likeness (QED) is 0.491. The molecule has 0 aliphatic rings. The van der Waals surface area contributed by atoms with Gasteiger partial charge in [0, 0.05) is 11.6 Å². The van der Waals surface area contributed by atoms with Gasteiger partial charge in [-0.3, -0.25) is 4.79 Å². The number of para-hydroxylation sites is 1. The highest BCUT2D eigenvalue weighted by atomic mass is 16.5. The number of aromatic nitrogens is 3. The molecule has 4 rings (SSSR count). The first-order valence-electron chi connectivity index (χ1n) is 8.45. The summed E-state index contributed by atoms with van der Waals surface area (Å²) in [5.41, 5.74) is 2.70. The SMILES string of the molecule is COc1ccc(C(=O)c2ccccc2)c(OCn2nnc3ccccc32)c1. The number of carbonyl (C=O) groups excluding carboxylic acids is 1. The van der Waals surface area contributed by atoms with Gasteiger partial charge in [-0.1, -0.05) is 47.7 Å². The van der Waals surface area contributed by atoms with E-state index in [1.54, 1.807) is 42.1 Å². The van der Waals surface area contributed by atoms with Crippen LogP contribution >= 0.6 is 0 Å². The van der Waals surface area contributed by atoms with Crippen molar-refractivity contribution in [3.8, 4) is 11.5 Å². The second-order valence-corrected chi connectivity index (χ2v) is 5.91. The molecule has 27 heavy (non-hydrogen) atoms. The monoisotopic (exact) mass is 359 g/mol. The minimum absolute atomic E-state index is 0.114. The Balaban J connectivity index is 1.65. The van der Waals surface area contributed by atoms with E-state index in [1.165, 1.54) is 0 Å². The summed E-state index contributed by atoms with van der Waals surface area (Å²) in [6.45, 7) is 0.128. The number of hydrogen-bond acceptors (Lipinski definition) is 5. The van der Waals surface area contributed by atoms with Gasteiger partial charge in [0.15, 0.2) is 12.5 Å². The maximum Gasteiger partial charge on any atom is 0.196 e. The van der Waals surface area contributed by atoms with Crippen LogP contribution in [0.3, 0.4) is 0 Å². The van der Waals surface area contributed by atoms with Gasteiger partial charge in [-0.25, -0.2) is 4.68 Å². The Hall–Kier alpha value is -3.67. The normalized spacial score (nSPS) is 10.7. The van der Waals surface area contributed by atoms with Gasteiger partial charge in [-0.2, -0.15) is 0 Å². The van der Waals surface area contributed by atoms with Gasteiger partial charge in [-0.15, -0.1) is 5.10 Å². The van der Waals surface area contributed by atoms with Crippen molar-refractivity contribution in [2.24, 2.45) is 0 Å². The van der Waals surface area contributed by atoms with Crippen molar-refractivity contribution in [2.75, 3.05) is 7.11 Å². The number of ether oxygens (including phenoxy) is 2. The van der Waals surface area contributed by atoms with E-state index < -0.39 is 0 Å². The highest BCUT2D eigenvalue weighted by Gasteiger charge is 2.16. The summed E-state index contributed by atoms with van der Waals surface area (Å²) in [5, 5.41) is 8.22. The van der Waals surface area contributed by atoms with Crippen LogP contribution in [0.15, 0.2) is 72.8 Å². The third-order valence-corrected chi connectivity index (χ3v) is 4.23. The number of methoxy groups -OCH3 is 1. The summed E-state index contributed by atoms with van der Waals surface area (Å²) in [5.74, 6) is 0.928. The molecule has 0 aliphatic carbocycles. The number of ketones is 1. The van der Waals surface area contributed by atoms with Crippen LogP contribution in [0.4, 0.5) is 0 Å². The minimum Gasteiger partial charge on any atom is -0.497 e. The van der Waals surface area contributed by atoms with Gasteiger partial charge in [0.1, 0.15) is 17.0 Å². The van der Waals surface area contributed by atoms with Gasteiger partial charge >= 0.3 is 0 Å². The summed E-state index contributed by atoms with van der Waals surface area (Å²) < 4.78 is 12.9. The Morgan fingerprint density at radius 3 is 2.59 bits per heavy atom. The first kappa shape index (κ1) is 16.8. The molecule has 0 spiro atoms. The molecule has 0 aliphatic heterocycles. The number of rotatable bonds is 6. The first-order chi connectivity index (χ1) is 13.3. The van der Waals surface area contributed by atoms with Crippen molar-refractivity contribution in [1.82, 2.24) is 15.0 Å². The van der Waals surface area contributed by atoms with E-state index in [9.17, 15) is 4.79 Å². The van der Waals surface area contributed by atoms with Crippen LogP contribution in [0.1, 0.15) is 15.9 Å². The van der Waals surface area contributed by atoms with Crippen LogP contribution in [-0.4, -0.2) is 27.9 Å². The van der Waals surface area contributed by atoms with E-state index in [2.05, 4.69) is 10.3 Å². The van der Waals surface area contributed by atoms with Gasteiger partial charge in [0.05, 0.1) is 18.2 Å². The molecule has 0 fully saturated rings. The number of carbonyl (C=O) groups is 1. The van der Waals surface area contributed by atoms with Gasteiger partial charge in [0.2, 0.25) is 0 Å². The Morgan fingerprint density at radius 1 is 1.00 bits per heavy atom. The molecule has 0 unspecified atom stereocenters. The molecular weight excluding hydrogens is 342 g/mol. The van der Waals surface area contributed by atoms with Gasteiger partial charge < -0.3 is 9.47 Å². The van der Waals surface area contributed by atoms with Gasteiger partial charge in [-0.05, 0) is 24.3 Å². The van der Waals surface area contributed by atoms with Crippen molar-refractivity contribution < 1.29 is 14.3 Å². The Kier molecular flexibility index (Phi) is 4.53. The van der Waals surface area contributed by atoms with Crippen molar-refractivity contribution in [3.63, 3.8) is 0 Å². The fourth-order valence-corrected chi connectivity index (χ4v) is 2.83. The maximum absolute atomic E-state index is 12.9. The van der Waals surface area contributed by atoms with Crippen LogP contribution in [0.25, 0.3) is 11.0 Å². The average molecular weight is 359 g/mol. The zero-order valence-electron chi connectivity index (χ0n) is 14.7. The number of fused-ring (bicyclic) bond motifs is 1. The summed E-state index contributed by atoms with van der Waals surface area (Å²) in [6, 6.07) is 21.9. The van der Waals surface area contributed by atoms with Crippen molar-refractivity contribution in [3.05, 3.63) is 83.9 Å². The highest BCUT2D eigenvalue weighted by molar-refractivity contribution is 6.10. The lowest BCUT2D eigenvalue weighted by molar-refractivity contribution is 0.103. The number of benzene rings is 3. The largest absolute Gasteiger partial charge is 0.497 e. The third-order valence-electron chi connectivity index (χ3n) is 4.23. The van der Waals surface area contributed by atoms with Gasteiger partial charge in [0.25, 0.3) is 0 Å². The van der Waals surface area contributed by atoms with E-state index in [1.807, 2.05) is 42.5 Å². The fourth-order valence-electron chi connectivity index (χ4n) is 2.83. The van der Waals surface area contributed by atoms with E-state index in [0.717, 1.165) is 11.0 Å². The van der Waals surface area contributed by atoms with E-state index in [0.29, 0.717) is 22.6 Å². The second kappa shape index (κ2) is 7.29. The predicted molar refractivity (Wildman–Crippen MR) is 101 cm³/mol. The summed E-state index contributed by atoms with van der Waals surface area (Å²) in [4.78, 5) is 12.9. The van der Waals surface area contributed by atoms with Crippen molar-refractivity contribution in [2.45, 2.75) is 6.73 Å². The number of nitrogens with zero attached hydrogens (tertiary/aromatic N) is 3. The molecule has 1 heterocycles. The molecule has 0 N–H and O–H groups in total. The molecule has 0 saturated carbocycles. The van der Waals surface area contributed by atoms with Crippen LogP contribution in [0.2, 0.25) is 0 Å². The van der Waals surface area contributed by atoms with Crippen LogP contribution in [0.5, 0.6) is 11.5 Å². The molecule has 0 saturated heterocycles. The predicted octanol–water partition coefficient (Wildman–Crippen LogP) is 3.71. The lowest BCUT2D eigenvalue weighted by Gasteiger charge is -2.13. The molecule has 6 nitrogen and oxygen atoms in total. The molecule has 134 valence electrons. The zero-order chi connectivity index (χ0) is 18.6. The van der Waals surface area contributed by atoms with E-state index in [4.69, 9.17) is 9.47 Å². The fraction of sp³-hybridized carbons (Fsp3) is 0.0952. The maximum atomic E-state index is 12.9. The first-order valence-corrected chi connectivity index (χ1v) is 8.45. The summed E-state index contributed by atoms with van der Waals surface area (Å²) in [7, 11) is 1.57. The Bertz CT molecular complexity index is 1090. The summed E-state index contributed by atoms with van der Waals surface area (Å²) in [6.07, 6.45) is 0. The zero-order valence-corrected chi connectivity index (χ0v) is 14.7. The lowest BCUT2D eigenvalue weighted by Crippen LogP contribution is -2.10. The standard InChI is InChI=1S/C21H17N3O3/c1-26-16-11-12-17(21(25)15-7-3-2-4-8-15)20(13-16)27-14-24-19-10-6-5-9-18(19)22-23-24/h2-13H,14H2,1H3. The minimum atomic E-state index is -0.114. The molecule has 3 aromatic carbocycles. The third kappa shape index (κ3) is 3.37. The molecule has 6 heteroatoms. The highest BCUT2D eigenvalue weighted by Crippen LogP contribution is 2.27. The average Bonchev–Trinajstić information content (AvgIpc) is 3.15. The van der Waals surface area contributed by atoms with Crippen LogP contribution in [-0.2, 0) is 6.73 Å².